The number of alkyl halides is 3. The number of hydrogen-bond donors (Lipinski definition) is 1. The molecule has 0 bridgehead atoms. The maximum atomic E-state index is 12.9. The van der Waals surface area contributed by atoms with Gasteiger partial charge < -0.3 is 10.1 Å². The summed E-state index contributed by atoms with van der Waals surface area (Å²) in [7, 11) is 0. The third-order valence-corrected chi connectivity index (χ3v) is 6.20. The molecule has 4 rings (SSSR count). The van der Waals surface area contributed by atoms with Gasteiger partial charge in [-0.05, 0) is 42.2 Å². The first kappa shape index (κ1) is 20.7. The summed E-state index contributed by atoms with van der Waals surface area (Å²) in [4.78, 5) is 18.1. The van der Waals surface area contributed by atoms with Crippen molar-refractivity contribution < 1.29 is 22.7 Å². The molecule has 156 valence electrons. The van der Waals surface area contributed by atoms with E-state index < -0.39 is 11.8 Å². The number of nitrogens with zero attached hydrogens (tertiary/aromatic N) is 1. The summed E-state index contributed by atoms with van der Waals surface area (Å²) in [5.41, 5.74) is 0.883. The highest BCUT2D eigenvalue weighted by atomic mass is 35.5. The Morgan fingerprint density at radius 1 is 1.17 bits per heavy atom. The number of carbonyl (C=O) groups excluding carboxylic acids is 1. The lowest BCUT2D eigenvalue weighted by Gasteiger charge is -2.15. The molecule has 0 spiro atoms. The summed E-state index contributed by atoms with van der Waals surface area (Å²) in [5, 5.41) is 3.99. The molecule has 1 aliphatic carbocycles. The summed E-state index contributed by atoms with van der Waals surface area (Å²) in [6, 6.07) is 13.0. The zero-order valence-corrected chi connectivity index (χ0v) is 17.1. The quantitative estimate of drug-likeness (QED) is 0.502. The molecule has 3 aromatic rings. The van der Waals surface area contributed by atoms with E-state index in [4.69, 9.17) is 11.6 Å². The van der Waals surface area contributed by atoms with Crippen molar-refractivity contribution in [3.63, 3.8) is 0 Å². The summed E-state index contributed by atoms with van der Waals surface area (Å²) >= 11 is 7.56. The lowest BCUT2D eigenvalue weighted by Crippen LogP contribution is -2.27. The summed E-state index contributed by atoms with van der Waals surface area (Å²) in [6.07, 6.45) is -1.19. The molecular formula is C21H16ClF3N2O2S. The first-order chi connectivity index (χ1) is 14.2. The predicted molar refractivity (Wildman–Crippen MR) is 109 cm³/mol. The number of carbonyl (C=O) groups is 1. The van der Waals surface area contributed by atoms with Crippen LogP contribution in [-0.4, -0.2) is 17.3 Å². The minimum Gasteiger partial charge on any atom is -0.406 e. The van der Waals surface area contributed by atoms with Gasteiger partial charge in [-0.1, -0.05) is 41.9 Å². The standard InChI is InChI=1S/C21H16ClF3N2O2S/c22-17-4-2-1-3-13(17)11-16-12-26-19(30-16)27-18(28)20(9-10-20)14-5-7-15(8-6-14)29-21(23,24)25/h1-8,12H,9-11H2,(H,26,27,28). The number of benzene rings is 2. The van der Waals surface area contributed by atoms with E-state index in [0.29, 0.717) is 35.0 Å². The van der Waals surface area contributed by atoms with E-state index >= 15 is 0 Å². The van der Waals surface area contributed by atoms with Crippen LogP contribution in [0, 0.1) is 0 Å². The number of hydrogen-bond acceptors (Lipinski definition) is 4. The largest absolute Gasteiger partial charge is 0.573 e. The van der Waals surface area contributed by atoms with Crippen LogP contribution < -0.4 is 10.1 Å². The zero-order chi connectivity index (χ0) is 21.4. The van der Waals surface area contributed by atoms with Gasteiger partial charge in [0.05, 0.1) is 5.41 Å². The van der Waals surface area contributed by atoms with Gasteiger partial charge in [0.2, 0.25) is 5.91 Å². The van der Waals surface area contributed by atoms with Gasteiger partial charge in [0.25, 0.3) is 0 Å². The van der Waals surface area contributed by atoms with E-state index in [9.17, 15) is 18.0 Å². The Balaban J connectivity index is 1.43. The van der Waals surface area contributed by atoms with E-state index in [-0.39, 0.29) is 11.7 Å². The van der Waals surface area contributed by atoms with Crippen molar-refractivity contribution >= 4 is 34.0 Å². The van der Waals surface area contributed by atoms with Crippen molar-refractivity contribution in [2.45, 2.75) is 31.0 Å². The Bertz CT molecular complexity index is 1060. The topological polar surface area (TPSA) is 51.2 Å². The van der Waals surface area contributed by atoms with Crippen LogP contribution in [0.1, 0.15) is 28.8 Å². The predicted octanol–water partition coefficient (Wildman–Crippen LogP) is 5.96. The van der Waals surface area contributed by atoms with Gasteiger partial charge in [0.15, 0.2) is 5.13 Å². The lowest BCUT2D eigenvalue weighted by molar-refractivity contribution is -0.274. The molecule has 0 saturated heterocycles. The van der Waals surface area contributed by atoms with Crippen molar-refractivity contribution in [2.75, 3.05) is 5.32 Å². The minimum absolute atomic E-state index is 0.217. The first-order valence-electron chi connectivity index (χ1n) is 9.11. The Kier molecular flexibility index (Phi) is 5.46. The van der Waals surface area contributed by atoms with Crippen molar-refractivity contribution in [1.82, 2.24) is 4.98 Å². The number of ether oxygens (including phenoxy) is 1. The number of rotatable bonds is 6. The zero-order valence-electron chi connectivity index (χ0n) is 15.5. The van der Waals surface area contributed by atoms with E-state index in [1.165, 1.54) is 35.6 Å². The second-order valence-corrected chi connectivity index (χ2v) is 8.53. The Morgan fingerprint density at radius 2 is 1.87 bits per heavy atom. The normalized spacial score (nSPS) is 14.9. The van der Waals surface area contributed by atoms with Gasteiger partial charge in [0.1, 0.15) is 5.75 Å². The fourth-order valence-corrected chi connectivity index (χ4v) is 4.27. The number of aromatic nitrogens is 1. The molecule has 1 N–H and O–H groups in total. The fourth-order valence-electron chi connectivity index (χ4n) is 3.24. The summed E-state index contributed by atoms with van der Waals surface area (Å²) in [6.45, 7) is 0. The SMILES string of the molecule is O=C(Nc1ncc(Cc2ccccc2Cl)s1)C1(c2ccc(OC(F)(F)F)cc2)CC1. The Hall–Kier alpha value is -2.58. The van der Waals surface area contributed by atoms with Crippen molar-refractivity contribution in [2.24, 2.45) is 0 Å². The monoisotopic (exact) mass is 452 g/mol. The molecule has 0 aliphatic heterocycles. The Morgan fingerprint density at radius 3 is 2.50 bits per heavy atom. The van der Waals surface area contributed by atoms with Gasteiger partial charge in [-0.2, -0.15) is 0 Å². The number of anilines is 1. The van der Waals surface area contributed by atoms with Crippen LogP contribution in [0.5, 0.6) is 5.75 Å². The molecule has 0 unspecified atom stereocenters. The van der Waals surface area contributed by atoms with Crippen molar-refractivity contribution in [3.05, 3.63) is 75.8 Å². The lowest BCUT2D eigenvalue weighted by atomic mass is 9.95. The average molecular weight is 453 g/mol. The third kappa shape index (κ3) is 4.60. The smallest absolute Gasteiger partial charge is 0.406 e. The number of halogens is 4. The maximum absolute atomic E-state index is 12.9. The van der Waals surface area contributed by atoms with Crippen LogP contribution in [-0.2, 0) is 16.6 Å². The summed E-state index contributed by atoms with van der Waals surface area (Å²) < 4.78 is 40.9. The third-order valence-electron chi connectivity index (χ3n) is 4.92. The van der Waals surface area contributed by atoms with E-state index in [1.807, 2.05) is 24.3 Å². The Labute approximate surface area is 179 Å². The highest BCUT2D eigenvalue weighted by Gasteiger charge is 2.51. The minimum atomic E-state index is -4.75. The van der Waals surface area contributed by atoms with Crippen LogP contribution >= 0.6 is 22.9 Å². The van der Waals surface area contributed by atoms with Crippen LogP contribution in [0.2, 0.25) is 5.02 Å². The van der Waals surface area contributed by atoms with Gasteiger partial charge in [-0.3, -0.25) is 4.79 Å². The average Bonchev–Trinajstić information content (AvgIpc) is 3.39. The molecule has 0 radical (unpaired) electrons. The first-order valence-corrected chi connectivity index (χ1v) is 10.3. The molecule has 2 aromatic carbocycles. The maximum Gasteiger partial charge on any atom is 0.573 e. The number of nitrogens with one attached hydrogen (secondary N) is 1. The highest BCUT2D eigenvalue weighted by molar-refractivity contribution is 7.15. The van der Waals surface area contributed by atoms with E-state index in [0.717, 1.165) is 10.4 Å². The van der Waals surface area contributed by atoms with Gasteiger partial charge in [-0.15, -0.1) is 24.5 Å². The van der Waals surface area contributed by atoms with Crippen LogP contribution in [0.25, 0.3) is 0 Å². The number of thiazole rings is 1. The molecular weight excluding hydrogens is 437 g/mol. The molecule has 1 fully saturated rings. The summed E-state index contributed by atoms with van der Waals surface area (Å²) in [5.74, 6) is -0.530. The second kappa shape index (κ2) is 7.92. The number of amides is 1. The molecule has 1 aliphatic rings. The fraction of sp³-hybridized carbons (Fsp3) is 0.238. The van der Waals surface area contributed by atoms with E-state index in [2.05, 4.69) is 15.0 Å². The van der Waals surface area contributed by atoms with E-state index in [1.54, 1.807) is 6.20 Å². The van der Waals surface area contributed by atoms with Crippen LogP contribution in [0.3, 0.4) is 0 Å². The molecule has 1 saturated carbocycles. The highest BCUT2D eigenvalue weighted by Crippen LogP contribution is 2.49. The van der Waals surface area contributed by atoms with Crippen LogP contribution in [0.15, 0.2) is 54.7 Å². The molecule has 30 heavy (non-hydrogen) atoms. The van der Waals surface area contributed by atoms with Gasteiger partial charge >= 0.3 is 6.36 Å². The molecule has 1 heterocycles. The second-order valence-electron chi connectivity index (χ2n) is 7.01. The molecule has 9 heteroatoms. The molecule has 0 atom stereocenters. The van der Waals surface area contributed by atoms with Gasteiger partial charge in [-0.25, -0.2) is 4.98 Å². The van der Waals surface area contributed by atoms with Crippen molar-refractivity contribution in [1.29, 1.82) is 0 Å². The molecule has 4 nitrogen and oxygen atoms in total. The van der Waals surface area contributed by atoms with Crippen LogP contribution in [0.4, 0.5) is 18.3 Å². The van der Waals surface area contributed by atoms with Crippen molar-refractivity contribution in [3.8, 4) is 5.75 Å². The van der Waals surface area contributed by atoms with Gasteiger partial charge in [0, 0.05) is 22.5 Å². The molecule has 1 aromatic heterocycles. The molecule has 1 amide bonds.